The lowest BCUT2D eigenvalue weighted by atomic mass is 10.1. The molecule has 2 atom stereocenters. The number of hydrogen-bond donors (Lipinski definition) is 1. The Balaban J connectivity index is 1.99. The molecule has 0 aromatic carbocycles. The van der Waals surface area contributed by atoms with Gasteiger partial charge in [0, 0.05) is 19.5 Å². The third-order valence-corrected chi connectivity index (χ3v) is 3.78. The summed E-state index contributed by atoms with van der Waals surface area (Å²) in [6.07, 6.45) is 8.93. The number of esters is 1. The number of carbonyl (C=O) groups is 1. The average Bonchev–Trinajstić information content (AvgIpc) is 2.47. The van der Waals surface area contributed by atoms with E-state index in [2.05, 4.69) is 12.2 Å². The highest BCUT2D eigenvalue weighted by molar-refractivity contribution is 5.69. The van der Waals surface area contributed by atoms with E-state index in [4.69, 9.17) is 9.47 Å². The van der Waals surface area contributed by atoms with Crippen molar-refractivity contribution >= 4 is 5.97 Å². The molecule has 0 aliphatic carbocycles. The second kappa shape index (κ2) is 11.1. The predicted molar refractivity (Wildman–Crippen MR) is 80.8 cm³/mol. The normalized spacial score (nSPS) is 20.6. The van der Waals surface area contributed by atoms with Gasteiger partial charge in [0.1, 0.15) is 12.2 Å². The fourth-order valence-electron chi connectivity index (χ4n) is 2.46. The summed E-state index contributed by atoms with van der Waals surface area (Å²) in [4.78, 5) is 11.7. The standard InChI is InChI=1S/C16H31NO3/c1-3-4-5-6-7-8-9-10-16(18)20-14(2)15-13-17-11-12-19-15/h14-15,17H,3-13H2,1-2H3. The van der Waals surface area contributed by atoms with Crippen LogP contribution in [0, 0.1) is 0 Å². The molecule has 0 amide bonds. The van der Waals surface area contributed by atoms with E-state index in [9.17, 15) is 4.79 Å². The molecule has 0 aromatic rings. The van der Waals surface area contributed by atoms with Gasteiger partial charge >= 0.3 is 5.97 Å². The van der Waals surface area contributed by atoms with Crippen LogP contribution in [0.15, 0.2) is 0 Å². The van der Waals surface area contributed by atoms with Gasteiger partial charge in [-0.05, 0) is 13.3 Å². The van der Waals surface area contributed by atoms with E-state index >= 15 is 0 Å². The fraction of sp³-hybridized carbons (Fsp3) is 0.938. The van der Waals surface area contributed by atoms with Crippen molar-refractivity contribution in [1.82, 2.24) is 5.32 Å². The van der Waals surface area contributed by atoms with Crippen LogP contribution >= 0.6 is 0 Å². The summed E-state index contributed by atoms with van der Waals surface area (Å²) in [6, 6.07) is 0. The summed E-state index contributed by atoms with van der Waals surface area (Å²) in [5.74, 6) is -0.0831. The van der Waals surface area contributed by atoms with E-state index in [1.54, 1.807) is 0 Å². The SMILES string of the molecule is CCCCCCCCCC(=O)OC(C)C1CNCCO1. The Morgan fingerprint density at radius 2 is 1.95 bits per heavy atom. The van der Waals surface area contributed by atoms with Gasteiger partial charge in [-0.15, -0.1) is 0 Å². The molecule has 1 heterocycles. The van der Waals surface area contributed by atoms with Gasteiger partial charge in [0.25, 0.3) is 0 Å². The second-order valence-electron chi connectivity index (χ2n) is 5.68. The smallest absolute Gasteiger partial charge is 0.306 e. The molecule has 0 radical (unpaired) electrons. The zero-order valence-corrected chi connectivity index (χ0v) is 13.2. The van der Waals surface area contributed by atoms with E-state index < -0.39 is 0 Å². The molecule has 1 aliphatic rings. The highest BCUT2D eigenvalue weighted by atomic mass is 16.6. The lowest BCUT2D eigenvalue weighted by Gasteiger charge is -2.28. The first-order chi connectivity index (χ1) is 9.74. The molecule has 20 heavy (non-hydrogen) atoms. The molecule has 1 rings (SSSR count). The number of ether oxygens (including phenoxy) is 2. The Morgan fingerprint density at radius 3 is 2.60 bits per heavy atom. The van der Waals surface area contributed by atoms with Crippen molar-refractivity contribution in [2.24, 2.45) is 0 Å². The first-order valence-electron chi connectivity index (χ1n) is 8.26. The van der Waals surface area contributed by atoms with Gasteiger partial charge in [0.05, 0.1) is 6.61 Å². The van der Waals surface area contributed by atoms with Crippen LogP contribution in [-0.2, 0) is 14.3 Å². The molecular weight excluding hydrogens is 254 g/mol. The molecule has 4 heteroatoms. The van der Waals surface area contributed by atoms with Crippen molar-refractivity contribution < 1.29 is 14.3 Å². The van der Waals surface area contributed by atoms with Crippen molar-refractivity contribution in [2.45, 2.75) is 77.4 Å². The predicted octanol–water partition coefficient (Wildman–Crippen LogP) is 3.05. The van der Waals surface area contributed by atoms with Crippen LogP contribution in [0.2, 0.25) is 0 Å². The third-order valence-electron chi connectivity index (χ3n) is 3.78. The number of nitrogens with one attached hydrogen (secondary N) is 1. The minimum absolute atomic E-state index is 0.00161. The van der Waals surface area contributed by atoms with Crippen LogP contribution in [0.1, 0.15) is 65.2 Å². The van der Waals surface area contributed by atoms with E-state index in [1.165, 1.54) is 32.1 Å². The zero-order chi connectivity index (χ0) is 14.6. The molecule has 1 saturated heterocycles. The van der Waals surface area contributed by atoms with E-state index in [1.807, 2.05) is 6.92 Å². The summed E-state index contributed by atoms with van der Waals surface area (Å²) < 4.78 is 11.0. The number of rotatable bonds is 10. The molecule has 0 spiro atoms. The van der Waals surface area contributed by atoms with Gasteiger partial charge < -0.3 is 14.8 Å². The summed E-state index contributed by atoms with van der Waals surface area (Å²) in [6.45, 7) is 6.49. The van der Waals surface area contributed by atoms with Gasteiger partial charge in [-0.2, -0.15) is 0 Å². The molecule has 118 valence electrons. The van der Waals surface area contributed by atoms with Crippen LogP contribution in [0.3, 0.4) is 0 Å². The molecular formula is C16H31NO3. The highest BCUT2D eigenvalue weighted by Gasteiger charge is 2.23. The molecule has 1 N–H and O–H groups in total. The van der Waals surface area contributed by atoms with Crippen LogP contribution in [0.5, 0.6) is 0 Å². The first-order valence-corrected chi connectivity index (χ1v) is 8.26. The Bertz CT molecular complexity index is 252. The van der Waals surface area contributed by atoms with Crippen LogP contribution in [0.25, 0.3) is 0 Å². The van der Waals surface area contributed by atoms with Gasteiger partial charge in [0.15, 0.2) is 0 Å². The van der Waals surface area contributed by atoms with Crippen molar-refractivity contribution in [1.29, 1.82) is 0 Å². The van der Waals surface area contributed by atoms with Crippen molar-refractivity contribution in [3.63, 3.8) is 0 Å². The topological polar surface area (TPSA) is 47.6 Å². The van der Waals surface area contributed by atoms with Crippen molar-refractivity contribution in [3.05, 3.63) is 0 Å². The minimum atomic E-state index is -0.153. The maximum atomic E-state index is 11.7. The van der Waals surface area contributed by atoms with Gasteiger partial charge in [-0.3, -0.25) is 4.79 Å². The molecule has 1 aliphatic heterocycles. The Labute approximate surface area is 123 Å². The summed E-state index contributed by atoms with van der Waals surface area (Å²) in [5, 5.41) is 3.25. The quantitative estimate of drug-likeness (QED) is 0.495. The molecule has 0 bridgehead atoms. The zero-order valence-electron chi connectivity index (χ0n) is 13.2. The highest BCUT2D eigenvalue weighted by Crippen LogP contribution is 2.11. The molecule has 0 aromatic heterocycles. The van der Waals surface area contributed by atoms with Gasteiger partial charge in [0.2, 0.25) is 0 Å². The molecule has 0 saturated carbocycles. The molecule has 4 nitrogen and oxygen atoms in total. The lowest BCUT2D eigenvalue weighted by Crippen LogP contribution is -2.45. The Morgan fingerprint density at radius 1 is 1.25 bits per heavy atom. The van der Waals surface area contributed by atoms with Crippen LogP contribution in [0.4, 0.5) is 0 Å². The van der Waals surface area contributed by atoms with E-state index in [0.717, 1.165) is 25.9 Å². The number of carbonyl (C=O) groups excluding carboxylic acids is 1. The van der Waals surface area contributed by atoms with Crippen LogP contribution in [-0.4, -0.2) is 37.9 Å². The maximum absolute atomic E-state index is 11.7. The first kappa shape index (κ1) is 17.4. The number of hydrogen-bond acceptors (Lipinski definition) is 4. The maximum Gasteiger partial charge on any atom is 0.306 e. The largest absolute Gasteiger partial charge is 0.460 e. The summed E-state index contributed by atoms with van der Waals surface area (Å²) in [5.41, 5.74) is 0. The number of morpholine rings is 1. The fourth-order valence-corrected chi connectivity index (χ4v) is 2.46. The minimum Gasteiger partial charge on any atom is -0.460 e. The van der Waals surface area contributed by atoms with E-state index in [-0.39, 0.29) is 18.2 Å². The van der Waals surface area contributed by atoms with Gasteiger partial charge in [-0.25, -0.2) is 0 Å². The summed E-state index contributed by atoms with van der Waals surface area (Å²) >= 11 is 0. The third kappa shape index (κ3) is 7.85. The van der Waals surface area contributed by atoms with Crippen molar-refractivity contribution in [3.8, 4) is 0 Å². The van der Waals surface area contributed by atoms with E-state index in [0.29, 0.717) is 13.0 Å². The lowest BCUT2D eigenvalue weighted by molar-refractivity contribution is -0.157. The van der Waals surface area contributed by atoms with Gasteiger partial charge in [-0.1, -0.05) is 45.4 Å². The monoisotopic (exact) mass is 285 g/mol. The Hall–Kier alpha value is -0.610. The molecule has 1 fully saturated rings. The summed E-state index contributed by atoms with van der Waals surface area (Å²) in [7, 11) is 0. The van der Waals surface area contributed by atoms with Crippen molar-refractivity contribution in [2.75, 3.05) is 19.7 Å². The second-order valence-corrected chi connectivity index (χ2v) is 5.68. The number of unbranched alkanes of at least 4 members (excludes halogenated alkanes) is 6. The Kier molecular flexibility index (Phi) is 9.67. The molecule has 2 unspecified atom stereocenters. The average molecular weight is 285 g/mol. The van der Waals surface area contributed by atoms with Crippen LogP contribution < -0.4 is 5.32 Å².